The Morgan fingerprint density at radius 2 is 1.96 bits per heavy atom. The van der Waals surface area contributed by atoms with Crippen molar-refractivity contribution in [2.45, 2.75) is 13.5 Å². The number of thiophene rings is 1. The Morgan fingerprint density at radius 3 is 2.76 bits per heavy atom. The Morgan fingerprint density at radius 1 is 1.20 bits per heavy atom. The Kier molecular flexibility index (Phi) is 3.62. The summed E-state index contributed by atoms with van der Waals surface area (Å²) in [6.07, 6.45) is 1.53. The lowest BCUT2D eigenvalue weighted by Crippen LogP contribution is -2.21. The van der Waals surface area contributed by atoms with Gasteiger partial charge in [-0.05, 0) is 28.8 Å². The fraction of sp³-hybridized carbons (Fsp3) is 0.105. The molecule has 2 aromatic heterocycles. The van der Waals surface area contributed by atoms with E-state index in [-0.39, 0.29) is 5.56 Å². The van der Waals surface area contributed by atoms with Crippen molar-refractivity contribution in [3.8, 4) is 0 Å². The van der Waals surface area contributed by atoms with E-state index in [2.05, 4.69) is 4.98 Å². The number of aryl methyl sites for hydroxylation is 1. The van der Waals surface area contributed by atoms with Crippen molar-refractivity contribution in [3.05, 3.63) is 75.1 Å². The van der Waals surface area contributed by atoms with E-state index in [1.807, 2.05) is 42.5 Å². The third-order valence-electron chi connectivity index (χ3n) is 4.36. The minimum absolute atomic E-state index is 0.154. The number of benzene rings is 2. The number of nitrogens with two attached hydrogens (primary N) is 1. The zero-order chi connectivity index (χ0) is 17.6. The van der Waals surface area contributed by atoms with E-state index in [1.54, 1.807) is 11.5 Å². The summed E-state index contributed by atoms with van der Waals surface area (Å²) in [5.74, 6) is -0.527. The van der Waals surface area contributed by atoms with E-state index < -0.39 is 5.91 Å². The number of hydrogen-bond donors (Lipinski definition) is 1. The van der Waals surface area contributed by atoms with Crippen molar-refractivity contribution in [3.63, 3.8) is 0 Å². The lowest BCUT2D eigenvalue weighted by Gasteiger charge is -2.09. The monoisotopic (exact) mass is 349 g/mol. The van der Waals surface area contributed by atoms with Crippen LogP contribution in [-0.4, -0.2) is 15.5 Å². The normalized spacial score (nSPS) is 11.2. The zero-order valence-electron chi connectivity index (χ0n) is 13.5. The van der Waals surface area contributed by atoms with Crippen molar-refractivity contribution < 1.29 is 4.79 Å². The average Bonchev–Trinajstić information content (AvgIpc) is 2.95. The Hall–Kier alpha value is -2.99. The molecule has 0 atom stereocenters. The van der Waals surface area contributed by atoms with Gasteiger partial charge in [0.05, 0.1) is 23.1 Å². The van der Waals surface area contributed by atoms with Gasteiger partial charge in [0.2, 0.25) is 0 Å². The quantitative estimate of drug-likeness (QED) is 0.617. The molecule has 0 saturated carbocycles. The van der Waals surface area contributed by atoms with Crippen LogP contribution in [0.4, 0.5) is 0 Å². The van der Waals surface area contributed by atoms with E-state index in [1.165, 1.54) is 6.33 Å². The van der Waals surface area contributed by atoms with E-state index in [4.69, 9.17) is 5.73 Å². The average molecular weight is 349 g/mol. The van der Waals surface area contributed by atoms with Crippen molar-refractivity contribution in [2.24, 2.45) is 5.73 Å². The van der Waals surface area contributed by atoms with Gasteiger partial charge in [0, 0.05) is 0 Å². The summed E-state index contributed by atoms with van der Waals surface area (Å²) in [6.45, 7) is 2.16. The van der Waals surface area contributed by atoms with Gasteiger partial charge < -0.3 is 5.73 Å². The summed E-state index contributed by atoms with van der Waals surface area (Å²) in [4.78, 5) is 29.7. The maximum absolute atomic E-state index is 12.9. The van der Waals surface area contributed by atoms with Gasteiger partial charge in [-0.2, -0.15) is 0 Å². The van der Waals surface area contributed by atoms with Crippen LogP contribution in [0.1, 0.15) is 20.8 Å². The second-order valence-electron chi connectivity index (χ2n) is 5.92. The molecule has 1 amide bonds. The highest BCUT2D eigenvalue weighted by Gasteiger charge is 2.17. The van der Waals surface area contributed by atoms with Crippen molar-refractivity contribution >= 4 is 38.2 Å². The predicted molar refractivity (Wildman–Crippen MR) is 100 cm³/mol. The molecule has 25 heavy (non-hydrogen) atoms. The third-order valence-corrected chi connectivity index (χ3v) is 5.58. The fourth-order valence-corrected chi connectivity index (χ4v) is 4.11. The standard InChI is InChI=1S/C19H15N3O2S/c1-11-15-18(25-16(11)17(20)23)21-10-22(19(15)24)9-13-7-4-6-12-5-2-3-8-14(12)13/h2-8,10H,9H2,1H3,(H2,20,23). The topological polar surface area (TPSA) is 78.0 Å². The molecule has 0 fully saturated rings. The number of primary amides is 1. The molecule has 124 valence electrons. The molecule has 6 heteroatoms. The van der Waals surface area contributed by atoms with Crippen LogP contribution in [0.2, 0.25) is 0 Å². The van der Waals surface area contributed by atoms with E-state index in [0.717, 1.165) is 27.7 Å². The van der Waals surface area contributed by atoms with Crippen LogP contribution < -0.4 is 11.3 Å². The second-order valence-corrected chi connectivity index (χ2v) is 6.92. The van der Waals surface area contributed by atoms with Gasteiger partial charge in [-0.3, -0.25) is 14.2 Å². The Labute approximate surface area is 147 Å². The number of amides is 1. The number of rotatable bonds is 3. The minimum Gasteiger partial charge on any atom is -0.365 e. The van der Waals surface area contributed by atoms with Gasteiger partial charge in [0.15, 0.2) is 0 Å². The molecule has 0 aliphatic rings. The minimum atomic E-state index is -0.527. The van der Waals surface area contributed by atoms with Crippen LogP contribution >= 0.6 is 11.3 Å². The number of carbonyl (C=O) groups excluding carboxylic acids is 1. The highest BCUT2D eigenvalue weighted by Crippen LogP contribution is 2.26. The van der Waals surface area contributed by atoms with Crippen LogP contribution in [0.3, 0.4) is 0 Å². The van der Waals surface area contributed by atoms with Crippen molar-refractivity contribution in [1.29, 1.82) is 0 Å². The highest BCUT2D eigenvalue weighted by molar-refractivity contribution is 7.20. The van der Waals surface area contributed by atoms with Crippen LogP contribution in [0, 0.1) is 6.92 Å². The van der Waals surface area contributed by atoms with E-state index in [9.17, 15) is 9.59 Å². The first-order valence-electron chi connectivity index (χ1n) is 7.81. The summed E-state index contributed by atoms with van der Waals surface area (Å²) < 4.78 is 1.58. The number of hydrogen-bond acceptors (Lipinski definition) is 4. The van der Waals surface area contributed by atoms with Crippen molar-refractivity contribution in [2.75, 3.05) is 0 Å². The molecule has 0 aliphatic heterocycles. The molecule has 0 radical (unpaired) electrons. The lowest BCUT2D eigenvalue weighted by molar-refractivity contribution is 0.100. The van der Waals surface area contributed by atoms with Gasteiger partial charge >= 0.3 is 0 Å². The molecule has 4 rings (SSSR count). The molecule has 0 spiro atoms. The summed E-state index contributed by atoms with van der Waals surface area (Å²) >= 11 is 1.16. The van der Waals surface area contributed by atoms with E-state index >= 15 is 0 Å². The van der Waals surface area contributed by atoms with Gasteiger partial charge in [-0.1, -0.05) is 42.5 Å². The fourth-order valence-electron chi connectivity index (χ4n) is 3.12. The van der Waals surface area contributed by atoms with Crippen LogP contribution in [-0.2, 0) is 6.54 Å². The number of carbonyl (C=O) groups is 1. The van der Waals surface area contributed by atoms with Crippen LogP contribution in [0.25, 0.3) is 21.0 Å². The first kappa shape index (κ1) is 15.5. The summed E-state index contributed by atoms with van der Waals surface area (Å²) in [5.41, 5.74) is 6.89. The Balaban J connectivity index is 1.87. The number of fused-ring (bicyclic) bond motifs is 2. The number of aromatic nitrogens is 2. The predicted octanol–water partition coefficient (Wildman–Crippen LogP) is 3.07. The molecule has 2 heterocycles. The molecular formula is C19H15N3O2S. The molecule has 4 aromatic rings. The molecule has 0 aliphatic carbocycles. The molecular weight excluding hydrogens is 334 g/mol. The number of nitrogens with zero attached hydrogens (tertiary/aromatic N) is 2. The van der Waals surface area contributed by atoms with Gasteiger partial charge in [-0.15, -0.1) is 11.3 Å². The highest BCUT2D eigenvalue weighted by atomic mass is 32.1. The molecule has 2 aromatic carbocycles. The lowest BCUT2D eigenvalue weighted by atomic mass is 10.0. The molecule has 0 bridgehead atoms. The second kappa shape index (κ2) is 5.82. The van der Waals surface area contributed by atoms with Gasteiger partial charge in [0.1, 0.15) is 4.83 Å². The first-order chi connectivity index (χ1) is 12.1. The van der Waals surface area contributed by atoms with Gasteiger partial charge in [0.25, 0.3) is 11.5 Å². The third kappa shape index (κ3) is 2.51. The zero-order valence-corrected chi connectivity index (χ0v) is 14.3. The molecule has 0 unspecified atom stereocenters. The summed E-state index contributed by atoms with van der Waals surface area (Å²) in [6, 6.07) is 14.1. The van der Waals surface area contributed by atoms with Gasteiger partial charge in [-0.25, -0.2) is 4.98 Å². The largest absolute Gasteiger partial charge is 0.365 e. The molecule has 5 nitrogen and oxygen atoms in total. The van der Waals surface area contributed by atoms with Crippen molar-refractivity contribution in [1.82, 2.24) is 9.55 Å². The maximum atomic E-state index is 12.9. The molecule has 2 N–H and O–H groups in total. The van der Waals surface area contributed by atoms with Crippen LogP contribution in [0.5, 0.6) is 0 Å². The maximum Gasteiger partial charge on any atom is 0.262 e. The molecule has 0 saturated heterocycles. The summed E-state index contributed by atoms with van der Waals surface area (Å²) in [5, 5.41) is 2.71. The summed E-state index contributed by atoms with van der Waals surface area (Å²) in [7, 11) is 0. The SMILES string of the molecule is Cc1c(C(N)=O)sc2ncn(Cc3cccc4ccccc34)c(=O)c12. The Bertz CT molecular complexity index is 1190. The van der Waals surface area contributed by atoms with Crippen LogP contribution in [0.15, 0.2) is 53.6 Å². The van der Waals surface area contributed by atoms with E-state index in [0.29, 0.717) is 27.2 Å². The smallest absolute Gasteiger partial charge is 0.262 e. The first-order valence-corrected chi connectivity index (χ1v) is 8.63.